The Morgan fingerprint density at radius 2 is 2.12 bits per heavy atom. The van der Waals surface area contributed by atoms with Crippen LogP contribution < -0.4 is 5.32 Å². The Bertz CT molecular complexity index is 661. The molecule has 3 rings (SSSR count). The van der Waals surface area contributed by atoms with Gasteiger partial charge in [-0.25, -0.2) is 4.79 Å². The largest absolute Gasteiger partial charge is 0.480 e. The molecule has 2 N–H and O–H groups in total. The number of urea groups is 1. The molecule has 1 aromatic rings. The third-order valence-corrected chi connectivity index (χ3v) is 5.40. The van der Waals surface area contributed by atoms with E-state index < -0.39 is 5.97 Å². The molecule has 2 aliphatic rings. The van der Waals surface area contributed by atoms with Gasteiger partial charge in [-0.15, -0.1) is 0 Å². The number of hydrogen-bond donors (Lipinski definition) is 2. The van der Waals surface area contributed by atoms with Crippen molar-refractivity contribution in [1.29, 1.82) is 0 Å². The van der Waals surface area contributed by atoms with Crippen LogP contribution in [0.1, 0.15) is 30.9 Å². The van der Waals surface area contributed by atoms with Crippen LogP contribution in [0.5, 0.6) is 0 Å². The fourth-order valence-electron chi connectivity index (χ4n) is 3.64. The second-order valence-electron chi connectivity index (χ2n) is 6.81. The summed E-state index contributed by atoms with van der Waals surface area (Å²) >= 11 is 6.02. The van der Waals surface area contributed by atoms with Crippen molar-refractivity contribution in [3.8, 4) is 0 Å². The molecule has 1 saturated carbocycles. The van der Waals surface area contributed by atoms with Crippen molar-refractivity contribution in [3.63, 3.8) is 0 Å². The van der Waals surface area contributed by atoms with Crippen LogP contribution in [0.2, 0.25) is 5.02 Å². The van der Waals surface area contributed by atoms with E-state index in [1.807, 2.05) is 34.9 Å². The van der Waals surface area contributed by atoms with Crippen molar-refractivity contribution in [2.75, 3.05) is 19.6 Å². The summed E-state index contributed by atoms with van der Waals surface area (Å²) in [6.45, 7) is 4.03. The SMILES string of the molecule is CCN(CC(=O)O)C1CC(NC(=O)N2CCc3cc(Cl)ccc3C2)C1. The Kier molecular flexibility index (Phi) is 5.49. The first-order valence-electron chi connectivity index (χ1n) is 8.75. The molecule has 0 radical (unpaired) electrons. The molecule has 0 aromatic heterocycles. The predicted molar refractivity (Wildman–Crippen MR) is 95.8 cm³/mol. The van der Waals surface area contributed by atoms with Crippen LogP contribution in [0, 0.1) is 0 Å². The number of rotatable bonds is 5. The third-order valence-electron chi connectivity index (χ3n) is 5.17. The van der Waals surface area contributed by atoms with E-state index in [1.54, 1.807) is 0 Å². The van der Waals surface area contributed by atoms with Crippen molar-refractivity contribution in [2.45, 2.75) is 44.8 Å². The minimum Gasteiger partial charge on any atom is -0.480 e. The van der Waals surface area contributed by atoms with Crippen LogP contribution in [-0.2, 0) is 17.8 Å². The first-order chi connectivity index (χ1) is 12.0. The zero-order valence-electron chi connectivity index (χ0n) is 14.4. The second kappa shape index (κ2) is 7.62. The Balaban J connectivity index is 1.48. The fraction of sp³-hybridized carbons (Fsp3) is 0.556. The number of benzene rings is 1. The van der Waals surface area contributed by atoms with Gasteiger partial charge in [-0.05, 0) is 49.1 Å². The van der Waals surface area contributed by atoms with Gasteiger partial charge in [0.2, 0.25) is 0 Å². The molecule has 0 spiro atoms. The molecule has 1 aliphatic heterocycles. The molecule has 7 heteroatoms. The molecule has 1 aromatic carbocycles. The van der Waals surface area contributed by atoms with E-state index in [0.717, 1.165) is 29.8 Å². The highest BCUT2D eigenvalue weighted by Gasteiger charge is 2.35. The maximum absolute atomic E-state index is 12.5. The van der Waals surface area contributed by atoms with Gasteiger partial charge in [-0.3, -0.25) is 9.69 Å². The smallest absolute Gasteiger partial charge is 0.317 e. The van der Waals surface area contributed by atoms with Crippen LogP contribution in [0.4, 0.5) is 4.79 Å². The van der Waals surface area contributed by atoms with Crippen molar-refractivity contribution < 1.29 is 14.7 Å². The summed E-state index contributed by atoms with van der Waals surface area (Å²) in [7, 11) is 0. The zero-order chi connectivity index (χ0) is 18.0. The summed E-state index contributed by atoms with van der Waals surface area (Å²) in [5, 5.41) is 12.7. The van der Waals surface area contributed by atoms with Crippen LogP contribution in [0.25, 0.3) is 0 Å². The number of likely N-dealkylation sites (N-methyl/N-ethyl adjacent to an activating group) is 1. The molecule has 6 nitrogen and oxygen atoms in total. The van der Waals surface area contributed by atoms with Crippen molar-refractivity contribution >= 4 is 23.6 Å². The highest BCUT2D eigenvalue weighted by Crippen LogP contribution is 2.27. The number of carboxylic acids is 1. The number of carbonyl (C=O) groups excluding carboxylic acids is 1. The van der Waals surface area contributed by atoms with E-state index in [9.17, 15) is 9.59 Å². The monoisotopic (exact) mass is 365 g/mol. The summed E-state index contributed by atoms with van der Waals surface area (Å²) in [5.41, 5.74) is 2.36. The van der Waals surface area contributed by atoms with E-state index >= 15 is 0 Å². The van der Waals surface area contributed by atoms with Crippen LogP contribution in [-0.4, -0.2) is 58.6 Å². The van der Waals surface area contributed by atoms with E-state index in [-0.39, 0.29) is 24.7 Å². The van der Waals surface area contributed by atoms with Gasteiger partial charge in [0.25, 0.3) is 0 Å². The average Bonchev–Trinajstić information content (AvgIpc) is 2.55. The van der Waals surface area contributed by atoms with Crippen molar-refractivity contribution in [3.05, 3.63) is 34.3 Å². The van der Waals surface area contributed by atoms with Gasteiger partial charge < -0.3 is 15.3 Å². The Labute approximate surface area is 152 Å². The maximum atomic E-state index is 12.5. The minimum absolute atomic E-state index is 0.0367. The Hall–Kier alpha value is -1.79. The van der Waals surface area contributed by atoms with Gasteiger partial charge in [0, 0.05) is 30.2 Å². The number of amides is 2. The summed E-state index contributed by atoms with van der Waals surface area (Å²) in [6.07, 6.45) is 2.44. The molecule has 1 heterocycles. The molecule has 1 fully saturated rings. The molecule has 136 valence electrons. The van der Waals surface area contributed by atoms with Crippen molar-refractivity contribution in [2.24, 2.45) is 0 Å². The third kappa shape index (κ3) is 4.25. The molecule has 0 saturated heterocycles. The second-order valence-corrected chi connectivity index (χ2v) is 7.25. The van der Waals surface area contributed by atoms with Gasteiger partial charge >= 0.3 is 12.0 Å². The van der Waals surface area contributed by atoms with Crippen LogP contribution in [0.3, 0.4) is 0 Å². The van der Waals surface area contributed by atoms with Gasteiger partial charge in [-0.1, -0.05) is 24.6 Å². The lowest BCUT2D eigenvalue weighted by Crippen LogP contribution is -2.57. The molecule has 1 aliphatic carbocycles. The van der Waals surface area contributed by atoms with Gasteiger partial charge in [0.15, 0.2) is 0 Å². The molecule has 0 unspecified atom stereocenters. The number of nitrogens with one attached hydrogen (secondary N) is 1. The Morgan fingerprint density at radius 3 is 2.80 bits per heavy atom. The molecule has 2 amide bonds. The first kappa shape index (κ1) is 18.0. The quantitative estimate of drug-likeness (QED) is 0.840. The number of fused-ring (bicyclic) bond motifs is 1. The highest BCUT2D eigenvalue weighted by molar-refractivity contribution is 6.30. The maximum Gasteiger partial charge on any atom is 0.317 e. The summed E-state index contributed by atoms with van der Waals surface area (Å²) in [4.78, 5) is 27.1. The lowest BCUT2D eigenvalue weighted by Gasteiger charge is -2.43. The number of nitrogens with zero attached hydrogens (tertiary/aromatic N) is 2. The molecule has 25 heavy (non-hydrogen) atoms. The summed E-state index contributed by atoms with van der Waals surface area (Å²) < 4.78 is 0. The van der Waals surface area contributed by atoms with E-state index in [4.69, 9.17) is 16.7 Å². The lowest BCUT2D eigenvalue weighted by atomic mass is 9.85. The average molecular weight is 366 g/mol. The number of carbonyl (C=O) groups is 2. The minimum atomic E-state index is -0.804. The fourth-order valence-corrected chi connectivity index (χ4v) is 3.83. The topological polar surface area (TPSA) is 72.9 Å². The van der Waals surface area contributed by atoms with E-state index in [0.29, 0.717) is 19.6 Å². The Morgan fingerprint density at radius 1 is 1.36 bits per heavy atom. The standard InChI is InChI=1S/C18H24ClN3O3/c1-2-21(11-17(23)24)16-8-15(9-16)20-18(25)22-6-5-12-7-14(19)4-3-13(12)10-22/h3-4,7,15-16H,2,5-6,8-11H2,1H3,(H,20,25)(H,23,24). The normalized spacial score (nSPS) is 22.3. The zero-order valence-corrected chi connectivity index (χ0v) is 15.1. The summed E-state index contributed by atoms with van der Waals surface area (Å²) in [5.74, 6) is -0.804. The molecular formula is C18H24ClN3O3. The van der Waals surface area contributed by atoms with Crippen LogP contribution >= 0.6 is 11.6 Å². The molecule has 0 bridgehead atoms. The highest BCUT2D eigenvalue weighted by atomic mass is 35.5. The summed E-state index contributed by atoms with van der Waals surface area (Å²) in [6, 6.07) is 6.17. The first-order valence-corrected chi connectivity index (χ1v) is 9.12. The van der Waals surface area contributed by atoms with E-state index in [2.05, 4.69) is 5.32 Å². The van der Waals surface area contributed by atoms with Gasteiger partial charge in [0.1, 0.15) is 0 Å². The number of halogens is 1. The van der Waals surface area contributed by atoms with Gasteiger partial charge in [-0.2, -0.15) is 0 Å². The molecule has 0 atom stereocenters. The number of carboxylic acid groups (broad SMARTS) is 1. The van der Waals surface area contributed by atoms with Gasteiger partial charge in [0.05, 0.1) is 6.54 Å². The lowest BCUT2D eigenvalue weighted by molar-refractivity contribution is -0.139. The predicted octanol–water partition coefficient (Wildman–Crippen LogP) is 2.35. The van der Waals surface area contributed by atoms with Crippen LogP contribution in [0.15, 0.2) is 18.2 Å². The molecular weight excluding hydrogens is 342 g/mol. The van der Waals surface area contributed by atoms with E-state index in [1.165, 1.54) is 5.56 Å². The number of hydrogen-bond acceptors (Lipinski definition) is 3. The number of aliphatic carboxylic acids is 1. The van der Waals surface area contributed by atoms with Crippen molar-refractivity contribution in [1.82, 2.24) is 15.1 Å².